The van der Waals surface area contributed by atoms with E-state index in [4.69, 9.17) is 21.0 Å². The van der Waals surface area contributed by atoms with Crippen molar-refractivity contribution in [1.82, 2.24) is 14.5 Å². The normalized spacial score (nSPS) is 15.5. The first-order chi connectivity index (χ1) is 15.8. The molecule has 5 nitrogen and oxygen atoms in total. The zero-order valence-electron chi connectivity index (χ0n) is 18.8. The number of aromatic nitrogens is 3. The van der Waals surface area contributed by atoms with Gasteiger partial charge in [0.15, 0.2) is 12.2 Å². The molecule has 4 aromatic rings. The molecule has 2 aromatic heterocycles. The summed E-state index contributed by atoms with van der Waals surface area (Å²) in [7, 11) is -0.946. The lowest BCUT2D eigenvalue weighted by molar-refractivity contribution is 0.568. The molecule has 1 atom stereocenters. The third-order valence-electron chi connectivity index (χ3n) is 5.33. The number of imidazole rings is 1. The molecule has 2 aromatic carbocycles. The molecule has 0 saturated heterocycles. The zero-order valence-corrected chi connectivity index (χ0v) is 20.4. The van der Waals surface area contributed by atoms with E-state index in [2.05, 4.69) is 69.6 Å². The van der Waals surface area contributed by atoms with E-state index in [1.54, 1.807) is 6.20 Å². The van der Waals surface area contributed by atoms with Crippen molar-refractivity contribution in [3.8, 4) is 28.3 Å². The van der Waals surface area contributed by atoms with Crippen molar-refractivity contribution in [3.05, 3.63) is 88.8 Å². The lowest BCUT2D eigenvalue weighted by atomic mass is 9.98. The second-order valence-electron chi connectivity index (χ2n) is 8.64. The first-order valence-corrected chi connectivity index (χ1v) is 13.7. The molecular weight excluding hydrogens is 452 g/mol. The molecule has 0 fully saturated rings. The van der Waals surface area contributed by atoms with E-state index >= 15 is 0 Å². The number of halogens is 1. The standard InChI is InChI=1S/C26H23ClN4OS/c1-17-26-25(23-14-28-16-32-23)29-15-31(26)22-10-9-18(11-12-33(2,3)4)13-20(22)24(30-17)19-7-5-6-8-21(19)27/h5-10,13-17H,1-4H3/t17-/m1/s1. The monoisotopic (exact) mass is 474 g/mol. The molecule has 0 saturated carbocycles. The molecule has 0 radical (unpaired) electrons. The molecule has 0 aliphatic carbocycles. The number of oxazole rings is 1. The van der Waals surface area contributed by atoms with E-state index < -0.39 is 10.0 Å². The van der Waals surface area contributed by atoms with Gasteiger partial charge in [0.2, 0.25) is 0 Å². The summed E-state index contributed by atoms with van der Waals surface area (Å²) in [6.07, 6.45) is 11.5. The van der Waals surface area contributed by atoms with Gasteiger partial charge in [0.05, 0.1) is 29.3 Å². The third-order valence-corrected chi connectivity index (χ3v) is 6.37. The fraction of sp³-hybridized carbons (Fsp3) is 0.192. The number of fused-ring (bicyclic) bond motifs is 3. The highest BCUT2D eigenvalue weighted by Crippen LogP contribution is 2.37. The second kappa shape index (κ2) is 8.26. The van der Waals surface area contributed by atoms with Gasteiger partial charge in [-0.05, 0) is 55.2 Å². The Morgan fingerprint density at radius 1 is 1.09 bits per heavy atom. The van der Waals surface area contributed by atoms with Crippen LogP contribution in [-0.2, 0) is 0 Å². The minimum atomic E-state index is -0.946. The fourth-order valence-corrected chi connectivity index (χ4v) is 4.54. The summed E-state index contributed by atoms with van der Waals surface area (Å²) in [6.45, 7) is 2.06. The summed E-state index contributed by atoms with van der Waals surface area (Å²) < 4.78 is 7.64. The molecule has 7 heteroatoms. The van der Waals surface area contributed by atoms with Crippen LogP contribution in [0.25, 0.3) is 17.1 Å². The maximum atomic E-state index is 6.64. The van der Waals surface area contributed by atoms with Crippen molar-refractivity contribution < 1.29 is 4.42 Å². The van der Waals surface area contributed by atoms with Crippen LogP contribution in [0.3, 0.4) is 0 Å². The topological polar surface area (TPSA) is 56.2 Å². The van der Waals surface area contributed by atoms with Crippen LogP contribution in [0.5, 0.6) is 0 Å². The summed E-state index contributed by atoms with van der Waals surface area (Å²) in [5.41, 5.74) is 6.28. The van der Waals surface area contributed by atoms with Crippen LogP contribution in [0.4, 0.5) is 0 Å². The van der Waals surface area contributed by atoms with Crippen molar-refractivity contribution in [1.29, 1.82) is 0 Å². The minimum Gasteiger partial charge on any atom is -0.442 e. The van der Waals surface area contributed by atoms with E-state index in [0.717, 1.165) is 39.5 Å². The van der Waals surface area contributed by atoms with E-state index in [1.807, 2.05) is 30.6 Å². The van der Waals surface area contributed by atoms with Gasteiger partial charge in [-0.1, -0.05) is 35.7 Å². The molecule has 166 valence electrons. The van der Waals surface area contributed by atoms with Crippen LogP contribution in [0, 0.1) is 11.2 Å². The van der Waals surface area contributed by atoms with Gasteiger partial charge in [-0.3, -0.25) is 9.56 Å². The van der Waals surface area contributed by atoms with E-state index in [0.29, 0.717) is 10.8 Å². The van der Waals surface area contributed by atoms with Crippen LogP contribution >= 0.6 is 21.6 Å². The lowest BCUT2D eigenvalue weighted by Gasteiger charge is -2.15. The van der Waals surface area contributed by atoms with E-state index in [1.165, 1.54) is 6.39 Å². The van der Waals surface area contributed by atoms with Crippen molar-refractivity contribution in [3.63, 3.8) is 0 Å². The molecule has 3 heterocycles. The summed E-state index contributed by atoms with van der Waals surface area (Å²) in [4.78, 5) is 13.9. The Labute approximate surface area is 199 Å². The summed E-state index contributed by atoms with van der Waals surface area (Å²) in [6, 6.07) is 13.8. The third kappa shape index (κ3) is 4.10. The van der Waals surface area contributed by atoms with Gasteiger partial charge in [-0.15, -0.1) is 0 Å². The fourth-order valence-electron chi connectivity index (χ4n) is 3.89. The molecule has 0 bridgehead atoms. The molecule has 5 rings (SSSR count). The van der Waals surface area contributed by atoms with Gasteiger partial charge < -0.3 is 4.42 Å². The maximum Gasteiger partial charge on any atom is 0.181 e. The Kier molecular flexibility index (Phi) is 5.40. The Morgan fingerprint density at radius 2 is 1.91 bits per heavy atom. The van der Waals surface area contributed by atoms with Crippen molar-refractivity contribution in [2.75, 3.05) is 18.8 Å². The maximum absolute atomic E-state index is 6.64. The molecule has 0 amide bonds. The first kappa shape index (κ1) is 21.6. The molecule has 1 aliphatic heterocycles. The summed E-state index contributed by atoms with van der Waals surface area (Å²) in [5, 5.41) is 4.06. The SMILES string of the molecule is C[C@H]1N=C(c2ccccc2Cl)c2cc(C#CS(C)(C)C)ccc2-n2cnc(-c3cnco3)c21. The van der Waals surface area contributed by atoms with Crippen LogP contribution in [0.1, 0.15) is 35.3 Å². The average Bonchev–Trinajstić information content (AvgIpc) is 3.44. The number of rotatable bonds is 2. The highest BCUT2D eigenvalue weighted by atomic mass is 35.5. The highest BCUT2D eigenvalue weighted by molar-refractivity contribution is 8.35. The van der Waals surface area contributed by atoms with Crippen molar-refractivity contribution in [2.45, 2.75) is 13.0 Å². The predicted molar refractivity (Wildman–Crippen MR) is 137 cm³/mol. The number of aliphatic imine (C=N–C) groups is 1. The highest BCUT2D eigenvalue weighted by Gasteiger charge is 2.28. The van der Waals surface area contributed by atoms with Gasteiger partial charge in [0.25, 0.3) is 0 Å². The Bertz CT molecular complexity index is 1440. The average molecular weight is 475 g/mol. The zero-order chi connectivity index (χ0) is 23.2. The minimum absolute atomic E-state index is 0.195. The molecule has 33 heavy (non-hydrogen) atoms. The van der Waals surface area contributed by atoms with Gasteiger partial charge >= 0.3 is 0 Å². The van der Waals surface area contributed by atoms with E-state index in [9.17, 15) is 0 Å². The van der Waals surface area contributed by atoms with Crippen LogP contribution in [0.2, 0.25) is 5.02 Å². The van der Waals surface area contributed by atoms with Crippen molar-refractivity contribution >= 4 is 27.3 Å². The van der Waals surface area contributed by atoms with Crippen LogP contribution in [-0.4, -0.2) is 39.0 Å². The Morgan fingerprint density at radius 3 is 2.64 bits per heavy atom. The predicted octanol–water partition coefficient (Wildman–Crippen LogP) is 6.10. The smallest absolute Gasteiger partial charge is 0.181 e. The van der Waals surface area contributed by atoms with Gasteiger partial charge in [0.1, 0.15) is 12.0 Å². The lowest BCUT2D eigenvalue weighted by Crippen LogP contribution is -2.08. The molecule has 0 N–H and O–H groups in total. The second-order valence-corrected chi connectivity index (χ2v) is 12.9. The molecule has 0 spiro atoms. The Hall–Kier alpha value is -3.27. The van der Waals surface area contributed by atoms with Crippen LogP contribution < -0.4 is 0 Å². The van der Waals surface area contributed by atoms with E-state index in [-0.39, 0.29) is 6.04 Å². The molecule has 1 aliphatic rings. The largest absolute Gasteiger partial charge is 0.442 e. The van der Waals surface area contributed by atoms with Crippen LogP contribution in [0.15, 0.2) is 70.8 Å². The summed E-state index contributed by atoms with van der Waals surface area (Å²) in [5.74, 6) is 3.97. The molecule has 0 unspecified atom stereocenters. The number of nitrogens with zero attached hydrogens (tertiary/aromatic N) is 4. The quantitative estimate of drug-likeness (QED) is 0.330. The number of hydrogen-bond acceptors (Lipinski definition) is 4. The first-order valence-electron chi connectivity index (χ1n) is 10.5. The number of benzene rings is 2. The number of hydrogen-bond donors (Lipinski definition) is 0. The van der Waals surface area contributed by atoms with Gasteiger partial charge in [-0.25, -0.2) is 9.97 Å². The summed E-state index contributed by atoms with van der Waals surface area (Å²) >= 11 is 6.64. The van der Waals surface area contributed by atoms with Gasteiger partial charge in [-0.2, -0.15) is 10.0 Å². The van der Waals surface area contributed by atoms with Gasteiger partial charge in [0, 0.05) is 21.7 Å². The van der Waals surface area contributed by atoms with Crippen molar-refractivity contribution in [2.24, 2.45) is 4.99 Å². The Balaban J connectivity index is 1.78. The molecular formula is C26H23ClN4OS.